The number of rotatable bonds is 7. The molecule has 0 heterocycles. The highest BCUT2D eigenvalue weighted by Crippen LogP contribution is 2.28. The summed E-state index contributed by atoms with van der Waals surface area (Å²) in [7, 11) is 1.52. The fourth-order valence-electron chi connectivity index (χ4n) is 3.16. The van der Waals surface area contributed by atoms with E-state index in [-0.39, 0.29) is 11.8 Å². The van der Waals surface area contributed by atoms with Gasteiger partial charge in [0.25, 0.3) is 5.91 Å². The molecular formula is C19H28N2O4. The van der Waals surface area contributed by atoms with Gasteiger partial charge in [-0.25, -0.2) is 0 Å². The summed E-state index contributed by atoms with van der Waals surface area (Å²) in [4.78, 5) is 24.1. The number of carbonyl (C=O) groups excluding carboxylic acids is 2. The molecule has 0 saturated heterocycles. The Hall–Kier alpha value is -2.24. The van der Waals surface area contributed by atoms with E-state index in [0.29, 0.717) is 36.0 Å². The van der Waals surface area contributed by atoms with Crippen molar-refractivity contribution in [3.05, 3.63) is 23.8 Å². The molecule has 6 heteroatoms. The lowest BCUT2D eigenvalue weighted by molar-refractivity contribution is -0.122. The van der Waals surface area contributed by atoms with Crippen molar-refractivity contribution in [3.63, 3.8) is 0 Å². The van der Waals surface area contributed by atoms with Crippen LogP contribution in [0.1, 0.15) is 62.2 Å². The topological polar surface area (TPSA) is 76.7 Å². The Kier molecular flexibility index (Phi) is 7.57. The van der Waals surface area contributed by atoms with Gasteiger partial charge in [-0.1, -0.05) is 32.1 Å². The Morgan fingerprint density at radius 1 is 1.12 bits per heavy atom. The van der Waals surface area contributed by atoms with Gasteiger partial charge in [0.1, 0.15) is 0 Å². The third kappa shape index (κ3) is 5.96. The largest absolute Gasteiger partial charge is 0.493 e. The Bertz CT molecular complexity index is 583. The van der Waals surface area contributed by atoms with Gasteiger partial charge in [0.05, 0.1) is 13.7 Å². The lowest BCUT2D eigenvalue weighted by Gasteiger charge is -2.21. The van der Waals surface area contributed by atoms with Crippen molar-refractivity contribution in [2.45, 2.75) is 51.9 Å². The molecule has 1 aliphatic rings. The molecule has 2 amide bonds. The van der Waals surface area contributed by atoms with Crippen LogP contribution in [-0.4, -0.2) is 25.5 Å². The Labute approximate surface area is 149 Å². The van der Waals surface area contributed by atoms with Gasteiger partial charge in [0.15, 0.2) is 11.5 Å². The zero-order valence-corrected chi connectivity index (χ0v) is 15.1. The Morgan fingerprint density at radius 2 is 1.88 bits per heavy atom. The molecule has 1 aromatic rings. The molecule has 138 valence electrons. The molecule has 6 nitrogen and oxygen atoms in total. The number of methoxy groups -OCH3 is 1. The van der Waals surface area contributed by atoms with Gasteiger partial charge in [-0.15, -0.1) is 0 Å². The molecule has 0 aromatic heterocycles. The second-order valence-electron chi connectivity index (χ2n) is 6.34. The van der Waals surface area contributed by atoms with Gasteiger partial charge < -0.3 is 9.47 Å². The van der Waals surface area contributed by atoms with Crippen molar-refractivity contribution in [2.75, 3.05) is 13.7 Å². The smallest absolute Gasteiger partial charge is 0.269 e. The minimum Gasteiger partial charge on any atom is -0.493 e. The second kappa shape index (κ2) is 9.91. The van der Waals surface area contributed by atoms with Crippen LogP contribution >= 0.6 is 0 Å². The van der Waals surface area contributed by atoms with Gasteiger partial charge in [-0.3, -0.25) is 20.4 Å². The summed E-state index contributed by atoms with van der Waals surface area (Å²) in [6, 6.07) is 4.91. The van der Waals surface area contributed by atoms with Crippen LogP contribution in [0.2, 0.25) is 0 Å². The summed E-state index contributed by atoms with van der Waals surface area (Å²) >= 11 is 0. The maximum Gasteiger partial charge on any atom is 0.269 e. The minimum atomic E-state index is -0.382. The van der Waals surface area contributed by atoms with E-state index < -0.39 is 0 Å². The minimum absolute atomic E-state index is 0.156. The number of ether oxygens (including phenoxy) is 2. The van der Waals surface area contributed by atoms with Gasteiger partial charge in [-0.05, 0) is 37.5 Å². The SMILES string of the molecule is CCOc1ccc(C(=O)NNC(=O)CCC2CCCCC2)cc1OC. The van der Waals surface area contributed by atoms with Crippen LogP contribution < -0.4 is 20.3 Å². The number of benzene rings is 1. The zero-order chi connectivity index (χ0) is 18.1. The first-order valence-electron chi connectivity index (χ1n) is 9.04. The van der Waals surface area contributed by atoms with Crippen LogP contribution in [0.15, 0.2) is 18.2 Å². The van der Waals surface area contributed by atoms with Crippen LogP contribution in [0.3, 0.4) is 0 Å². The van der Waals surface area contributed by atoms with E-state index >= 15 is 0 Å². The molecule has 1 aromatic carbocycles. The first-order chi connectivity index (χ1) is 12.1. The summed E-state index contributed by atoms with van der Waals surface area (Å²) < 4.78 is 10.7. The van der Waals surface area contributed by atoms with E-state index in [2.05, 4.69) is 10.9 Å². The normalized spacial score (nSPS) is 14.6. The van der Waals surface area contributed by atoms with Crippen molar-refractivity contribution in [1.82, 2.24) is 10.9 Å². The third-order valence-electron chi connectivity index (χ3n) is 4.55. The molecule has 2 N–H and O–H groups in total. The zero-order valence-electron chi connectivity index (χ0n) is 15.1. The Morgan fingerprint density at radius 3 is 2.56 bits per heavy atom. The number of nitrogens with one attached hydrogen (secondary N) is 2. The van der Waals surface area contributed by atoms with Gasteiger partial charge in [0, 0.05) is 12.0 Å². The van der Waals surface area contributed by atoms with Gasteiger partial charge >= 0.3 is 0 Å². The molecule has 0 radical (unpaired) electrons. The van der Waals surface area contributed by atoms with E-state index in [1.807, 2.05) is 6.92 Å². The molecule has 25 heavy (non-hydrogen) atoms. The predicted molar refractivity (Wildman–Crippen MR) is 95.6 cm³/mol. The first-order valence-corrected chi connectivity index (χ1v) is 9.04. The van der Waals surface area contributed by atoms with Crippen LogP contribution in [-0.2, 0) is 4.79 Å². The van der Waals surface area contributed by atoms with Crippen molar-refractivity contribution in [3.8, 4) is 11.5 Å². The highest BCUT2D eigenvalue weighted by Gasteiger charge is 2.16. The molecule has 0 bridgehead atoms. The number of amides is 2. The van der Waals surface area contributed by atoms with Crippen molar-refractivity contribution in [2.24, 2.45) is 5.92 Å². The van der Waals surface area contributed by atoms with E-state index in [9.17, 15) is 9.59 Å². The fourth-order valence-corrected chi connectivity index (χ4v) is 3.16. The summed E-state index contributed by atoms with van der Waals surface area (Å²) in [6.45, 7) is 2.39. The van der Waals surface area contributed by atoms with Crippen LogP contribution in [0, 0.1) is 5.92 Å². The van der Waals surface area contributed by atoms with Crippen LogP contribution in [0.25, 0.3) is 0 Å². The molecule has 1 aliphatic carbocycles. The molecule has 2 rings (SSSR count). The molecule has 0 spiro atoms. The van der Waals surface area contributed by atoms with Gasteiger partial charge in [-0.2, -0.15) is 0 Å². The maximum absolute atomic E-state index is 12.2. The summed E-state index contributed by atoms with van der Waals surface area (Å²) in [5.41, 5.74) is 5.34. The van der Waals surface area contributed by atoms with Crippen molar-refractivity contribution >= 4 is 11.8 Å². The molecule has 0 atom stereocenters. The number of hydrogen-bond donors (Lipinski definition) is 2. The molecule has 0 aliphatic heterocycles. The summed E-state index contributed by atoms with van der Waals surface area (Å²) in [5, 5.41) is 0. The van der Waals surface area contributed by atoms with Crippen molar-refractivity contribution in [1.29, 1.82) is 0 Å². The monoisotopic (exact) mass is 348 g/mol. The van der Waals surface area contributed by atoms with Crippen LogP contribution in [0.4, 0.5) is 0 Å². The third-order valence-corrected chi connectivity index (χ3v) is 4.55. The lowest BCUT2D eigenvalue weighted by atomic mass is 9.86. The lowest BCUT2D eigenvalue weighted by Crippen LogP contribution is -2.41. The summed E-state index contributed by atoms with van der Waals surface area (Å²) in [6.07, 6.45) is 7.60. The molecule has 1 saturated carbocycles. The first kappa shape index (κ1) is 19.1. The maximum atomic E-state index is 12.2. The predicted octanol–water partition coefficient (Wildman–Crippen LogP) is 3.22. The van der Waals surface area contributed by atoms with Crippen LogP contribution in [0.5, 0.6) is 11.5 Å². The standard InChI is InChI=1S/C19H28N2O4/c1-3-25-16-11-10-15(13-17(16)24-2)19(23)21-20-18(22)12-9-14-7-5-4-6-8-14/h10-11,13-14H,3-9,12H2,1-2H3,(H,20,22)(H,21,23). The Balaban J connectivity index is 1.79. The van der Waals surface area contributed by atoms with E-state index in [1.54, 1.807) is 18.2 Å². The number of carbonyl (C=O) groups is 2. The highest BCUT2D eigenvalue weighted by atomic mass is 16.5. The highest BCUT2D eigenvalue weighted by molar-refractivity contribution is 5.96. The average molecular weight is 348 g/mol. The molecular weight excluding hydrogens is 320 g/mol. The second-order valence-corrected chi connectivity index (χ2v) is 6.34. The van der Waals surface area contributed by atoms with Gasteiger partial charge in [0.2, 0.25) is 5.91 Å². The van der Waals surface area contributed by atoms with E-state index in [0.717, 1.165) is 6.42 Å². The number of hydrazine groups is 1. The number of hydrogen-bond acceptors (Lipinski definition) is 4. The quantitative estimate of drug-likeness (QED) is 0.742. The fraction of sp³-hybridized carbons (Fsp3) is 0.579. The average Bonchev–Trinajstić information content (AvgIpc) is 2.65. The van der Waals surface area contributed by atoms with E-state index in [1.165, 1.54) is 39.2 Å². The molecule has 0 unspecified atom stereocenters. The molecule has 1 fully saturated rings. The van der Waals surface area contributed by atoms with Crippen molar-refractivity contribution < 1.29 is 19.1 Å². The van der Waals surface area contributed by atoms with E-state index in [4.69, 9.17) is 9.47 Å². The summed E-state index contributed by atoms with van der Waals surface area (Å²) in [5.74, 6) is 1.17.